The standard InChI is InChI=1S/C10H13N3O3S/c1-12-10(14)7(11)6-17-9-5-3-2-4-8(9)13(15)16/h2-5,7H,6,11H2,1H3,(H,12,14)/t7-/m0/s1. The summed E-state index contributed by atoms with van der Waals surface area (Å²) in [7, 11) is 1.50. The summed E-state index contributed by atoms with van der Waals surface area (Å²) >= 11 is 1.20. The van der Waals surface area contributed by atoms with Crippen molar-refractivity contribution < 1.29 is 9.72 Å². The van der Waals surface area contributed by atoms with Crippen LogP contribution in [-0.2, 0) is 4.79 Å². The SMILES string of the molecule is CNC(=O)[C@@H](N)CSc1ccccc1[N+](=O)[O-]. The van der Waals surface area contributed by atoms with Crippen molar-refractivity contribution >= 4 is 23.4 Å². The molecule has 1 amide bonds. The Labute approximate surface area is 103 Å². The molecule has 6 nitrogen and oxygen atoms in total. The third-order valence-corrected chi connectivity index (χ3v) is 3.25. The lowest BCUT2D eigenvalue weighted by molar-refractivity contribution is -0.387. The smallest absolute Gasteiger partial charge is 0.282 e. The number of likely N-dealkylation sites (N-methyl/N-ethyl adjacent to an activating group) is 1. The fraction of sp³-hybridized carbons (Fsp3) is 0.300. The second-order valence-electron chi connectivity index (χ2n) is 3.26. The first-order chi connectivity index (χ1) is 8.06. The van der Waals surface area contributed by atoms with E-state index in [2.05, 4.69) is 5.32 Å². The van der Waals surface area contributed by atoms with Crippen LogP contribution in [0.15, 0.2) is 29.2 Å². The van der Waals surface area contributed by atoms with E-state index < -0.39 is 11.0 Å². The third kappa shape index (κ3) is 3.72. The Morgan fingerprint density at radius 2 is 2.24 bits per heavy atom. The Bertz CT molecular complexity index is 425. The maximum atomic E-state index is 11.2. The minimum Gasteiger partial charge on any atom is -0.358 e. The number of nitrogens with one attached hydrogen (secondary N) is 1. The van der Waals surface area contributed by atoms with E-state index in [1.807, 2.05) is 0 Å². The van der Waals surface area contributed by atoms with Gasteiger partial charge in [-0.3, -0.25) is 14.9 Å². The number of nitrogens with zero attached hydrogens (tertiary/aromatic N) is 1. The summed E-state index contributed by atoms with van der Waals surface area (Å²) < 4.78 is 0. The molecule has 1 aromatic rings. The number of amides is 1. The van der Waals surface area contributed by atoms with E-state index in [1.165, 1.54) is 24.9 Å². The Morgan fingerprint density at radius 1 is 1.59 bits per heavy atom. The normalized spacial score (nSPS) is 11.9. The summed E-state index contributed by atoms with van der Waals surface area (Å²) in [4.78, 5) is 22.0. The first-order valence-electron chi connectivity index (χ1n) is 4.89. The summed E-state index contributed by atoms with van der Waals surface area (Å²) in [6, 6.07) is 5.69. The van der Waals surface area contributed by atoms with Crippen molar-refractivity contribution in [2.24, 2.45) is 5.73 Å². The van der Waals surface area contributed by atoms with Gasteiger partial charge in [-0.05, 0) is 6.07 Å². The van der Waals surface area contributed by atoms with Crippen molar-refractivity contribution in [3.63, 3.8) is 0 Å². The molecule has 0 saturated heterocycles. The molecule has 3 N–H and O–H groups in total. The molecular formula is C10H13N3O3S. The highest BCUT2D eigenvalue weighted by Crippen LogP contribution is 2.28. The van der Waals surface area contributed by atoms with Crippen LogP contribution in [-0.4, -0.2) is 29.7 Å². The number of nitro benzene ring substituents is 1. The van der Waals surface area contributed by atoms with E-state index in [9.17, 15) is 14.9 Å². The van der Waals surface area contributed by atoms with Crippen LogP contribution in [0.2, 0.25) is 0 Å². The maximum Gasteiger partial charge on any atom is 0.282 e. The molecule has 0 aliphatic carbocycles. The highest BCUT2D eigenvalue weighted by atomic mass is 32.2. The van der Waals surface area contributed by atoms with Gasteiger partial charge >= 0.3 is 0 Å². The Balaban J connectivity index is 2.69. The molecule has 1 atom stereocenters. The van der Waals surface area contributed by atoms with Crippen molar-refractivity contribution in [3.05, 3.63) is 34.4 Å². The summed E-state index contributed by atoms with van der Waals surface area (Å²) in [5.41, 5.74) is 5.63. The van der Waals surface area contributed by atoms with Crippen molar-refractivity contribution in [1.29, 1.82) is 0 Å². The number of hydrogen-bond acceptors (Lipinski definition) is 5. The summed E-state index contributed by atoms with van der Waals surface area (Å²) in [5, 5.41) is 13.2. The number of benzene rings is 1. The highest BCUT2D eigenvalue weighted by molar-refractivity contribution is 7.99. The molecule has 0 fully saturated rings. The number of carbonyl (C=O) groups excluding carboxylic acids is 1. The largest absolute Gasteiger partial charge is 0.358 e. The quantitative estimate of drug-likeness (QED) is 0.460. The Kier molecular flexibility index (Phi) is 4.92. The molecule has 92 valence electrons. The molecule has 0 radical (unpaired) electrons. The van der Waals surface area contributed by atoms with Crippen molar-refractivity contribution in [1.82, 2.24) is 5.32 Å². The summed E-state index contributed by atoms with van der Waals surface area (Å²) in [5.74, 6) is 0.0148. The van der Waals surface area contributed by atoms with Crippen LogP contribution < -0.4 is 11.1 Å². The van der Waals surface area contributed by atoms with Gasteiger partial charge < -0.3 is 11.1 Å². The Hall–Kier alpha value is -1.60. The van der Waals surface area contributed by atoms with Gasteiger partial charge in [0, 0.05) is 18.9 Å². The average Bonchev–Trinajstić information content (AvgIpc) is 2.35. The van der Waals surface area contributed by atoms with Crippen LogP contribution >= 0.6 is 11.8 Å². The second kappa shape index (κ2) is 6.21. The van der Waals surface area contributed by atoms with E-state index in [0.717, 1.165) is 0 Å². The highest BCUT2D eigenvalue weighted by Gasteiger charge is 2.16. The van der Waals surface area contributed by atoms with Gasteiger partial charge in [-0.15, -0.1) is 11.8 Å². The molecule has 17 heavy (non-hydrogen) atoms. The van der Waals surface area contributed by atoms with Gasteiger partial charge in [-0.1, -0.05) is 12.1 Å². The lowest BCUT2D eigenvalue weighted by Crippen LogP contribution is -2.40. The topological polar surface area (TPSA) is 98.3 Å². The molecule has 0 aromatic heterocycles. The molecule has 0 unspecified atom stereocenters. The number of hydrogen-bond donors (Lipinski definition) is 2. The molecule has 7 heteroatoms. The van der Waals surface area contributed by atoms with Gasteiger partial charge in [-0.2, -0.15) is 0 Å². The van der Waals surface area contributed by atoms with Crippen molar-refractivity contribution in [3.8, 4) is 0 Å². The summed E-state index contributed by atoms with van der Waals surface area (Å²) in [6.07, 6.45) is 0. The zero-order valence-corrected chi connectivity index (χ0v) is 10.1. The number of rotatable bonds is 5. The van der Waals surface area contributed by atoms with Crippen LogP contribution in [0.1, 0.15) is 0 Å². The van der Waals surface area contributed by atoms with Gasteiger partial charge in [0.25, 0.3) is 5.69 Å². The van der Waals surface area contributed by atoms with Gasteiger partial charge in [-0.25, -0.2) is 0 Å². The van der Waals surface area contributed by atoms with Crippen molar-refractivity contribution in [2.45, 2.75) is 10.9 Å². The number of carbonyl (C=O) groups is 1. The molecule has 1 aromatic carbocycles. The maximum absolute atomic E-state index is 11.2. The lowest BCUT2D eigenvalue weighted by Gasteiger charge is -2.09. The predicted octanol–water partition coefficient (Wildman–Crippen LogP) is 0.760. The van der Waals surface area contributed by atoms with Crippen LogP contribution in [0.5, 0.6) is 0 Å². The number of thioether (sulfide) groups is 1. The molecule has 0 heterocycles. The van der Waals surface area contributed by atoms with Gasteiger partial charge in [0.1, 0.15) is 0 Å². The zero-order chi connectivity index (χ0) is 12.8. The van der Waals surface area contributed by atoms with Gasteiger partial charge in [0.05, 0.1) is 15.9 Å². The molecule has 0 spiro atoms. The summed E-state index contributed by atoms with van der Waals surface area (Å²) in [6.45, 7) is 0. The molecule has 0 aliphatic rings. The van der Waals surface area contributed by atoms with Crippen LogP contribution in [0.3, 0.4) is 0 Å². The van der Waals surface area contributed by atoms with Crippen molar-refractivity contribution in [2.75, 3.05) is 12.8 Å². The third-order valence-electron chi connectivity index (χ3n) is 2.06. The van der Waals surface area contributed by atoms with E-state index >= 15 is 0 Å². The number of nitro groups is 1. The number of para-hydroxylation sites is 1. The molecule has 1 rings (SSSR count). The van der Waals surface area contributed by atoms with Crippen LogP contribution in [0.25, 0.3) is 0 Å². The van der Waals surface area contributed by atoms with Gasteiger partial charge in [0.15, 0.2) is 0 Å². The fourth-order valence-corrected chi connectivity index (χ4v) is 2.15. The lowest BCUT2D eigenvalue weighted by atomic mass is 10.3. The molecule has 0 saturated carbocycles. The van der Waals surface area contributed by atoms with E-state index in [-0.39, 0.29) is 11.6 Å². The minimum absolute atomic E-state index is 0.0293. The number of nitrogens with two attached hydrogens (primary N) is 1. The zero-order valence-electron chi connectivity index (χ0n) is 9.25. The molecule has 0 bridgehead atoms. The second-order valence-corrected chi connectivity index (χ2v) is 4.32. The molecule has 0 aliphatic heterocycles. The minimum atomic E-state index is -0.676. The first-order valence-corrected chi connectivity index (χ1v) is 5.88. The van der Waals surface area contributed by atoms with Crippen LogP contribution in [0.4, 0.5) is 5.69 Å². The van der Waals surface area contributed by atoms with E-state index in [0.29, 0.717) is 10.6 Å². The Morgan fingerprint density at radius 3 is 2.82 bits per heavy atom. The molecular weight excluding hydrogens is 242 g/mol. The predicted molar refractivity (Wildman–Crippen MR) is 65.9 cm³/mol. The van der Waals surface area contributed by atoms with Gasteiger partial charge in [0.2, 0.25) is 5.91 Å². The van der Waals surface area contributed by atoms with E-state index in [4.69, 9.17) is 5.73 Å². The first kappa shape index (κ1) is 13.5. The monoisotopic (exact) mass is 255 g/mol. The van der Waals surface area contributed by atoms with Crippen LogP contribution in [0, 0.1) is 10.1 Å². The fourth-order valence-electron chi connectivity index (χ4n) is 1.17. The van der Waals surface area contributed by atoms with E-state index in [1.54, 1.807) is 18.2 Å². The average molecular weight is 255 g/mol.